The Morgan fingerprint density at radius 1 is 1.35 bits per heavy atom. The highest BCUT2D eigenvalue weighted by Crippen LogP contribution is 2.29. The van der Waals surface area contributed by atoms with Crippen molar-refractivity contribution in [3.8, 4) is 11.1 Å². The van der Waals surface area contributed by atoms with Gasteiger partial charge in [0.2, 0.25) is 0 Å². The van der Waals surface area contributed by atoms with E-state index in [1.807, 2.05) is 19.3 Å². The number of nitrogens with one attached hydrogen (secondary N) is 1. The van der Waals surface area contributed by atoms with Gasteiger partial charge >= 0.3 is 5.97 Å². The van der Waals surface area contributed by atoms with Crippen molar-refractivity contribution in [1.29, 1.82) is 0 Å². The summed E-state index contributed by atoms with van der Waals surface area (Å²) >= 11 is 0. The lowest BCUT2D eigenvalue weighted by atomic mass is 9.92. The fraction of sp³-hybridized carbons (Fsp3) is 0.412. The van der Waals surface area contributed by atoms with E-state index in [0.717, 1.165) is 23.2 Å². The van der Waals surface area contributed by atoms with Crippen LogP contribution in [-0.4, -0.2) is 50.0 Å². The highest BCUT2D eigenvalue weighted by molar-refractivity contribution is 5.77. The van der Waals surface area contributed by atoms with Gasteiger partial charge in [0.1, 0.15) is 11.9 Å². The molecule has 1 fully saturated rings. The molecule has 0 saturated carbocycles. The molecule has 0 aromatic carbocycles. The third-order valence-corrected chi connectivity index (χ3v) is 4.85. The molecular formula is C17H21N7O2. The molecule has 0 aliphatic carbocycles. The van der Waals surface area contributed by atoms with Crippen LogP contribution in [0, 0.1) is 0 Å². The molecule has 1 aliphatic heterocycles. The highest BCUT2D eigenvalue weighted by Gasteiger charge is 2.28. The molecular weight excluding hydrogens is 334 g/mol. The Labute approximate surface area is 150 Å². The van der Waals surface area contributed by atoms with Crippen molar-refractivity contribution in [2.75, 3.05) is 19.4 Å². The van der Waals surface area contributed by atoms with Crippen LogP contribution in [0.4, 0.5) is 5.82 Å². The third-order valence-electron chi connectivity index (χ3n) is 4.85. The van der Waals surface area contributed by atoms with Gasteiger partial charge in [-0.25, -0.2) is 4.98 Å². The number of hydrogen-bond acceptors (Lipinski definition) is 7. The minimum absolute atomic E-state index is 0.180. The largest absolute Gasteiger partial charge is 0.468 e. The normalized spacial score (nSPS) is 20.4. The highest BCUT2D eigenvalue weighted by atomic mass is 16.5. The Hall–Kier alpha value is -2.94. The number of anilines is 1. The summed E-state index contributed by atoms with van der Waals surface area (Å²) in [6.45, 7) is 0.652. The SMILES string of the molecule is COC(=O)[C@@H]1CC[C@H](c2cc(N)n3ncc(-c4cnn(C)c4)c3n2)CN1. The van der Waals surface area contributed by atoms with E-state index in [9.17, 15) is 4.79 Å². The average molecular weight is 355 g/mol. The molecule has 0 radical (unpaired) electrons. The monoisotopic (exact) mass is 355 g/mol. The second kappa shape index (κ2) is 6.41. The van der Waals surface area contributed by atoms with Gasteiger partial charge in [-0.3, -0.25) is 9.48 Å². The number of aromatic nitrogens is 5. The number of hydrogen-bond donors (Lipinski definition) is 2. The van der Waals surface area contributed by atoms with Gasteiger partial charge in [-0.05, 0) is 12.8 Å². The number of ether oxygens (including phenoxy) is 1. The summed E-state index contributed by atoms with van der Waals surface area (Å²) in [6, 6.07) is 1.61. The second-order valence-electron chi connectivity index (χ2n) is 6.56. The topological polar surface area (TPSA) is 112 Å². The number of esters is 1. The van der Waals surface area contributed by atoms with Crippen LogP contribution in [-0.2, 0) is 16.6 Å². The van der Waals surface area contributed by atoms with E-state index in [2.05, 4.69) is 15.5 Å². The number of nitrogens with two attached hydrogens (primary N) is 1. The van der Waals surface area contributed by atoms with Crippen LogP contribution in [0.5, 0.6) is 0 Å². The first kappa shape index (κ1) is 16.5. The summed E-state index contributed by atoms with van der Waals surface area (Å²) < 4.78 is 8.19. The number of fused-ring (bicyclic) bond motifs is 1. The zero-order valence-corrected chi connectivity index (χ0v) is 14.7. The molecule has 3 aromatic heterocycles. The molecule has 26 heavy (non-hydrogen) atoms. The third kappa shape index (κ3) is 2.80. The van der Waals surface area contributed by atoms with Gasteiger partial charge in [0.15, 0.2) is 5.65 Å². The standard InChI is InChI=1S/C17H21N7O2/c1-23-9-11(7-20-23)12-8-21-24-15(18)5-14(22-16(12)24)10-3-4-13(19-6-10)17(25)26-2/h5,7-10,13,19H,3-4,6,18H2,1-2H3/t10-,13-/m0/s1. The summed E-state index contributed by atoms with van der Waals surface area (Å²) in [4.78, 5) is 16.5. The molecule has 1 saturated heterocycles. The molecule has 136 valence electrons. The fourth-order valence-corrected chi connectivity index (χ4v) is 3.43. The van der Waals surface area contributed by atoms with E-state index >= 15 is 0 Å². The molecule has 4 rings (SSSR count). The Morgan fingerprint density at radius 2 is 2.19 bits per heavy atom. The predicted molar refractivity (Wildman–Crippen MR) is 95.4 cm³/mol. The number of nitrogen functional groups attached to an aromatic ring is 1. The number of carbonyl (C=O) groups is 1. The van der Waals surface area contributed by atoms with Crippen molar-refractivity contribution >= 4 is 17.4 Å². The van der Waals surface area contributed by atoms with Crippen LogP contribution in [0.1, 0.15) is 24.5 Å². The average Bonchev–Trinajstić information content (AvgIpc) is 3.27. The van der Waals surface area contributed by atoms with Gasteiger partial charge in [-0.1, -0.05) is 0 Å². The molecule has 4 heterocycles. The van der Waals surface area contributed by atoms with Gasteiger partial charge in [0.25, 0.3) is 0 Å². The van der Waals surface area contributed by atoms with Crippen molar-refractivity contribution in [2.24, 2.45) is 7.05 Å². The van der Waals surface area contributed by atoms with Crippen LogP contribution in [0.15, 0.2) is 24.7 Å². The van der Waals surface area contributed by atoms with Gasteiger partial charge in [0, 0.05) is 42.9 Å². The Morgan fingerprint density at radius 3 is 2.85 bits per heavy atom. The molecule has 0 unspecified atom stereocenters. The van der Waals surface area contributed by atoms with E-state index < -0.39 is 0 Å². The molecule has 0 bridgehead atoms. The number of piperidine rings is 1. The van der Waals surface area contributed by atoms with E-state index in [-0.39, 0.29) is 17.9 Å². The van der Waals surface area contributed by atoms with Crippen LogP contribution in [0.2, 0.25) is 0 Å². The Bertz CT molecular complexity index is 953. The van der Waals surface area contributed by atoms with Gasteiger partial charge in [-0.2, -0.15) is 14.7 Å². The lowest BCUT2D eigenvalue weighted by Gasteiger charge is -2.28. The van der Waals surface area contributed by atoms with Crippen molar-refractivity contribution in [3.05, 3.63) is 30.4 Å². The number of aryl methyl sites for hydroxylation is 1. The molecule has 9 heteroatoms. The van der Waals surface area contributed by atoms with Crippen molar-refractivity contribution in [1.82, 2.24) is 29.7 Å². The first-order valence-corrected chi connectivity index (χ1v) is 8.51. The van der Waals surface area contributed by atoms with Crippen molar-refractivity contribution in [2.45, 2.75) is 24.8 Å². The van der Waals surface area contributed by atoms with Gasteiger partial charge in [0.05, 0.1) is 25.2 Å². The van der Waals surface area contributed by atoms with E-state index in [0.29, 0.717) is 24.4 Å². The lowest BCUT2D eigenvalue weighted by Crippen LogP contribution is -2.44. The van der Waals surface area contributed by atoms with Gasteiger partial charge in [-0.15, -0.1) is 0 Å². The quantitative estimate of drug-likeness (QED) is 0.666. The summed E-state index contributed by atoms with van der Waals surface area (Å²) in [5, 5.41) is 11.8. The summed E-state index contributed by atoms with van der Waals surface area (Å²) in [5.41, 5.74) is 9.65. The fourth-order valence-electron chi connectivity index (χ4n) is 3.43. The van der Waals surface area contributed by atoms with Crippen LogP contribution in [0.25, 0.3) is 16.8 Å². The van der Waals surface area contributed by atoms with E-state index in [1.165, 1.54) is 7.11 Å². The summed E-state index contributed by atoms with van der Waals surface area (Å²) in [5.74, 6) is 0.496. The number of carbonyl (C=O) groups excluding carboxylic acids is 1. The smallest absolute Gasteiger partial charge is 0.322 e. The molecule has 0 spiro atoms. The van der Waals surface area contributed by atoms with Crippen LogP contribution in [0.3, 0.4) is 0 Å². The molecule has 3 aromatic rings. The second-order valence-corrected chi connectivity index (χ2v) is 6.56. The molecule has 9 nitrogen and oxygen atoms in total. The van der Waals surface area contributed by atoms with Crippen molar-refractivity contribution < 1.29 is 9.53 Å². The maximum Gasteiger partial charge on any atom is 0.322 e. The first-order chi connectivity index (χ1) is 12.6. The molecule has 1 aliphatic rings. The van der Waals surface area contributed by atoms with Gasteiger partial charge < -0.3 is 15.8 Å². The van der Waals surface area contributed by atoms with Crippen molar-refractivity contribution in [3.63, 3.8) is 0 Å². The lowest BCUT2D eigenvalue weighted by molar-refractivity contribution is -0.143. The molecule has 3 N–H and O–H groups in total. The zero-order valence-electron chi connectivity index (χ0n) is 14.7. The zero-order chi connectivity index (χ0) is 18.3. The number of nitrogens with zero attached hydrogens (tertiary/aromatic N) is 5. The minimum Gasteiger partial charge on any atom is -0.468 e. The maximum atomic E-state index is 11.7. The Balaban J connectivity index is 1.66. The van der Waals surface area contributed by atoms with Crippen LogP contribution >= 0.6 is 0 Å². The molecule has 0 amide bonds. The predicted octanol–water partition coefficient (Wildman–Crippen LogP) is 0.721. The van der Waals surface area contributed by atoms with E-state index in [1.54, 1.807) is 21.6 Å². The number of methoxy groups -OCH3 is 1. The summed E-state index contributed by atoms with van der Waals surface area (Å²) in [7, 11) is 3.28. The number of rotatable bonds is 3. The van der Waals surface area contributed by atoms with E-state index in [4.69, 9.17) is 15.5 Å². The van der Waals surface area contributed by atoms with Crippen LogP contribution < -0.4 is 11.1 Å². The first-order valence-electron chi connectivity index (χ1n) is 8.51. The summed E-state index contributed by atoms with van der Waals surface area (Å²) in [6.07, 6.45) is 7.01. The minimum atomic E-state index is -0.252. The Kier molecular flexibility index (Phi) is 4.08. The maximum absolute atomic E-state index is 11.7. The molecule has 2 atom stereocenters.